The molecule has 0 atom stereocenters. The molecule has 0 saturated heterocycles. The molecule has 4 N–H and O–H groups in total. The fraction of sp³-hybridized carbons (Fsp3) is 0.118. The second-order valence-corrected chi connectivity index (χ2v) is 6.03. The number of nitrogens with zero attached hydrogens (tertiary/aromatic N) is 3. The Bertz CT molecular complexity index is 860. The minimum absolute atomic E-state index is 0.0453. The Morgan fingerprint density at radius 3 is 2.52 bits per heavy atom. The largest absolute Gasteiger partial charge is 0.395 e. The van der Waals surface area contributed by atoms with Crippen LogP contribution in [0.4, 0.5) is 10.3 Å². The fourth-order valence-corrected chi connectivity index (χ4v) is 3.02. The van der Waals surface area contributed by atoms with Crippen LogP contribution < -0.4 is 10.5 Å². The molecular weight excluding hydrogens is 341 g/mol. The van der Waals surface area contributed by atoms with Gasteiger partial charge in [0.25, 0.3) is 0 Å². The van der Waals surface area contributed by atoms with E-state index in [-0.39, 0.29) is 18.2 Å². The van der Waals surface area contributed by atoms with Crippen LogP contribution in [0.3, 0.4) is 0 Å². The zero-order valence-corrected chi connectivity index (χ0v) is 14.0. The molecule has 8 heteroatoms. The van der Waals surface area contributed by atoms with E-state index in [1.165, 1.54) is 30.4 Å². The molecule has 0 fully saturated rings. The molecule has 0 radical (unpaired) electrons. The molecule has 0 spiro atoms. The number of nitrogens with one attached hydrogen (secondary N) is 1. The summed E-state index contributed by atoms with van der Waals surface area (Å²) in [4.78, 5) is 12.9. The van der Waals surface area contributed by atoms with E-state index in [1.54, 1.807) is 6.20 Å². The lowest BCUT2D eigenvalue weighted by atomic mass is 10.1. The average molecular weight is 357 g/mol. The molecule has 0 unspecified atom stereocenters. The number of nitrogen functional groups attached to an aromatic ring is 1. The average Bonchev–Trinajstić information content (AvgIpc) is 2.63. The van der Waals surface area contributed by atoms with Crippen LogP contribution in [0, 0.1) is 5.82 Å². The maximum absolute atomic E-state index is 14.6. The smallest absolute Gasteiger partial charge is 0.219 e. The molecule has 0 aliphatic rings. The number of aromatic nitrogens is 3. The van der Waals surface area contributed by atoms with Gasteiger partial charge >= 0.3 is 0 Å². The third kappa shape index (κ3) is 4.11. The molecule has 0 saturated carbocycles. The summed E-state index contributed by atoms with van der Waals surface area (Å²) in [5.74, 6) is -0.337. The molecule has 0 bridgehead atoms. The van der Waals surface area contributed by atoms with Crippen LogP contribution in [0.5, 0.6) is 0 Å². The maximum atomic E-state index is 14.6. The van der Waals surface area contributed by atoms with E-state index in [1.807, 2.05) is 24.3 Å². The SMILES string of the molecule is Nc1ncc(-c2ncc(-c3ccccc3SNCCO)cc2F)cn1. The Morgan fingerprint density at radius 1 is 1.08 bits per heavy atom. The number of nitrogens with two attached hydrogens (primary N) is 1. The minimum Gasteiger partial charge on any atom is -0.395 e. The normalized spacial score (nSPS) is 10.8. The summed E-state index contributed by atoms with van der Waals surface area (Å²) < 4.78 is 17.6. The van der Waals surface area contributed by atoms with E-state index in [4.69, 9.17) is 10.8 Å². The number of benzene rings is 1. The van der Waals surface area contributed by atoms with E-state index >= 15 is 0 Å². The van der Waals surface area contributed by atoms with Crippen molar-refractivity contribution in [3.05, 3.63) is 54.7 Å². The Kier molecular flexibility index (Phi) is 5.54. The van der Waals surface area contributed by atoms with Crippen LogP contribution in [0.15, 0.2) is 53.8 Å². The van der Waals surface area contributed by atoms with Crippen molar-refractivity contribution in [1.82, 2.24) is 19.7 Å². The molecule has 3 aromatic rings. The molecule has 128 valence electrons. The number of halogens is 1. The van der Waals surface area contributed by atoms with Gasteiger partial charge in [-0.2, -0.15) is 0 Å². The number of rotatable bonds is 6. The van der Waals surface area contributed by atoms with Crippen molar-refractivity contribution in [3.63, 3.8) is 0 Å². The van der Waals surface area contributed by atoms with Crippen LogP contribution in [0.2, 0.25) is 0 Å². The van der Waals surface area contributed by atoms with Crippen LogP contribution in [0.25, 0.3) is 22.4 Å². The third-order valence-corrected chi connectivity index (χ3v) is 4.30. The van der Waals surface area contributed by atoms with Crippen molar-refractivity contribution < 1.29 is 9.50 Å². The van der Waals surface area contributed by atoms with Gasteiger partial charge in [-0.25, -0.2) is 14.4 Å². The molecule has 3 rings (SSSR count). The summed E-state index contributed by atoms with van der Waals surface area (Å²) in [6.07, 6.45) is 4.49. The van der Waals surface area contributed by atoms with Gasteiger partial charge in [-0.15, -0.1) is 0 Å². The van der Waals surface area contributed by atoms with Crippen molar-refractivity contribution in [2.24, 2.45) is 0 Å². The highest BCUT2D eigenvalue weighted by Gasteiger charge is 2.12. The first-order valence-electron chi connectivity index (χ1n) is 7.52. The molecular formula is C17H16FN5OS. The lowest BCUT2D eigenvalue weighted by molar-refractivity contribution is 0.302. The Balaban J connectivity index is 1.92. The Hall–Kier alpha value is -2.55. The van der Waals surface area contributed by atoms with Crippen LogP contribution in [-0.4, -0.2) is 33.2 Å². The highest BCUT2D eigenvalue weighted by Crippen LogP contribution is 2.31. The number of pyridine rings is 1. The number of aliphatic hydroxyl groups is 1. The van der Waals surface area contributed by atoms with E-state index < -0.39 is 5.82 Å². The zero-order valence-electron chi connectivity index (χ0n) is 13.2. The zero-order chi connectivity index (χ0) is 17.6. The van der Waals surface area contributed by atoms with Gasteiger partial charge in [-0.3, -0.25) is 9.71 Å². The van der Waals surface area contributed by atoms with Crippen molar-refractivity contribution in [2.75, 3.05) is 18.9 Å². The second-order valence-electron chi connectivity index (χ2n) is 5.10. The number of hydrogen-bond acceptors (Lipinski definition) is 7. The van der Waals surface area contributed by atoms with Gasteiger partial charge in [0.2, 0.25) is 5.95 Å². The molecule has 1 aromatic carbocycles. The Morgan fingerprint density at radius 2 is 1.80 bits per heavy atom. The standard InChI is InChI=1S/C17H16FN5OS/c18-14-7-11(8-20-16(14)12-9-21-17(19)22-10-12)13-3-1-2-4-15(13)25-23-5-6-24/h1-4,7-10,23-24H,5-6H2,(H2,19,21,22). The summed E-state index contributed by atoms with van der Waals surface area (Å²) in [7, 11) is 0. The van der Waals surface area contributed by atoms with Crippen molar-refractivity contribution in [1.29, 1.82) is 0 Å². The van der Waals surface area contributed by atoms with Gasteiger partial charge in [-0.05, 0) is 29.6 Å². The first kappa shape index (κ1) is 17.3. The van der Waals surface area contributed by atoms with Crippen LogP contribution in [0.1, 0.15) is 0 Å². The third-order valence-electron chi connectivity index (χ3n) is 3.38. The highest BCUT2D eigenvalue weighted by atomic mass is 32.2. The van der Waals surface area contributed by atoms with Crippen molar-refractivity contribution in [2.45, 2.75) is 4.90 Å². The first-order valence-corrected chi connectivity index (χ1v) is 8.34. The predicted octanol–water partition coefficient (Wildman–Crippen LogP) is 2.52. The molecule has 0 amide bonds. The van der Waals surface area contributed by atoms with E-state index in [2.05, 4.69) is 19.7 Å². The van der Waals surface area contributed by atoms with Crippen molar-refractivity contribution in [3.8, 4) is 22.4 Å². The fourth-order valence-electron chi connectivity index (χ4n) is 2.23. The number of aliphatic hydroxyl groups excluding tert-OH is 1. The summed E-state index contributed by atoms with van der Waals surface area (Å²) in [6, 6.07) is 9.03. The van der Waals surface area contributed by atoms with Gasteiger partial charge in [0.1, 0.15) is 11.5 Å². The lowest BCUT2D eigenvalue weighted by Crippen LogP contribution is -2.09. The van der Waals surface area contributed by atoms with Crippen molar-refractivity contribution >= 4 is 17.9 Å². The summed E-state index contributed by atoms with van der Waals surface area (Å²) in [5, 5.41) is 8.87. The number of anilines is 1. The van der Waals surface area contributed by atoms with E-state index in [0.29, 0.717) is 17.7 Å². The monoisotopic (exact) mass is 357 g/mol. The van der Waals surface area contributed by atoms with Gasteiger partial charge in [0.05, 0.1) is 6.61 Å². The minimum atomic E-state index is -0.464. The second kappa shape index (κ2) is 8.02. The predicted molar refractivity (Wildman–Crippen MR) is 96.0 cm³/mol. The van der Waals surface area contributed by atoms with Gasteiger partial charge < -0.3 is 10.8 Å². The van der Waals surface area contributed by atoms with Gasteiger partial charge in [0, 0.05) is 41.2 Å². The highest BCUT2D eigenvalue weighted by molar-refractivity contribution is 7.97. The van der Waals surface area contributed by atoms with Gasteiger partial charge in [-0.1, -0.05) is 18.2 Å². The quantitative estimate of drug-likeness (QED) is 0.461. The summed E-state index contributed by atoms with van der Waals surface area (Å²) in [5.41, 5.74) is 7.60. The van der Waals surface area contributed by atoms with E-state index in [0.717, 1.165) is 10.5 Å². The lowest BCUT2D eigenvalue weighted by Gasteiger charge is -2.10. The first-order chi connectivity index (χ1) is 12.2. The molecule has 6 nitrogen and oxygen atoms in total. The topological polar surface area (TPSA) is 97.0 Å². The molecule has 2 heterocycles. The summed E-state index contributed by atoms with van der Waals surface area (Å²) in [6.45, 7) is 0.505. The molecule has 2 aromatic heterocycles. The molecule has 0 aliphatic carbocycles. The van der Waals surface area contributed by atoms with Gasteiger partial charge in [0.15, 0.2) is 0 Å². The summed E-state index contributed by atoms with van der Waals surface area (Å²) >= 11 is 1.38. The van der Waals surface area contributed by atoms with Crippen LogP contribution in [-0.2, 0) is 0 Å². The van der Waals surface area contributed by atoms with E-state index in [9.17, 15) is 4.39 Å². The van der Waals surface area contributed by atoms with Crippen LogP contribution >= 0.6 is 11.9 Å². The Labute approximate surface area is 148 Å². The molecule has 25 heavy (non-hydrogen) atoms. The molecule has 0 aliphatic heterocycles. The maximum Gasteiger partial charge on any atom is 0.219 e. The number of hydrogen-bond donors (Lipinski definition) is 3.